The number of esters is 1. The number of ether oxygens (including phenoxy) is 2. The Bertz CT molecular complexity index is 340. The zero-order chi connectivity index (χ0) is 13.2. The number of methoxy groups -OCH3 is 1. The van der Waals surface area contributed by atoms with Gasteiger partial charge in [0.2, 0.25) is 0 Å². The molecule has 100 valence electrons. The number of carbonyl (C=O) groups is 1. The van der Waals surface area contributed by atoms with Gasteiger partial charge in [-0.05, 0) is 25.5 Å². The normalized spacial score (nSPS) is 11.9. The van der Waals surface area contributed by atoms with Crippen molar-refractivity contribution in [2.75, 3.05) is 25.6 Å². The smallest absolute Gasteiger partial charge is 0.306 e. The van der Waals surface area contributed by atoms with E-state index in [1.807, 2.05) is 37.3 Å². The topological polar surface area (TPSA) is 47.6 Å². The molecule has 1 atom stereocenters. The summed E-state index contributed by atoms with van der Waals surface area (Å²) in [6.45, 7) is 3.02. The number of rotatable bonds is 8. The molecule has 1 aromatic carbocycles. The minimum Gasteiger partial charge on any atom is -0.460 e. The minimum absolute atomic E-state index is 0.172. The maximum absolute atomic E-state index is 11.4. The second-order valence-corrected chi connectivity index (χ2v) is 4.15. The van der Waals surface area contributed by atoms with E-state index in [4.69, 9.17) is 9.47 Å². The van der Waals surface area contributed by atoms with Crippen molar-refractivity contribution in [2.24, 2.45) is 0 Å². The fourth-order valence-electron chi connectivity index (χ4n) is 1.57. The SMILES string of the molecule is COCC(C)OC(=O)CCCNc1ccccc1. The lowest BCUT2D eigenvalue weighted by Gasteiger charge is -2.12. The lowest BCUT2D eigenvalue weighted by atomic mass is 10.3. The predicted molar refractivity (Wildman–Crippen MR) is 71.6 cm³/mol. The average molecular weight is 251 g/mol. The summed E-state index contributed by atoms with van der Waals surface area (Å²) in [5, 5.41) is 3.25. The summed E-state index contributed by atoms with van der Waals surface area (Å²) in [5.74, 6) is -0.172. The van der Waals surface area contributed by atoms with Crippen LogP contribution < -0.4 is 5.32 Å². The van der Waals surface area contributed by atoms with Gasteiger partial charge in [-0.25, -0.2) is 0 Å². The molecular weight excluding hydrogens is 230 g/mol. The quantitative estimate of drug-likeness (QED) is 0.569. The highest BCUT2D eigenvalue weighted by molar-refractivity contribution is 5.69. The van der Waals surface area contributed by atoms with E-state index < -0.39 is 0 Å². The predicted octanol–water partition coefficient (Wildman–Crippen LogP) is 2.46. The summed E-state index contributed by atoms with van der Waals surface area (Å²) in [6, 6.07) is 9.92. The third-order valence-electron chi connectivity index (χ3n) is 2.39. The van der Waals surface area contributed by atoms with Gasteiger partial charge in [0, 0.05) is 25.8 Å². The van der Waals surface area contributed by atoms with E-state index in [2.05, 4.69) is 5.32 Å². The van der Waals surface area contributed by atoms with Gasteiger partial charge < -0.3 is 14.8 Å². The Balaban J connectivity index is 2.09. The van der Waals surface area contributed by atoms with Gasteiger partial charge in [-0.2, -0.15) is 0 Å². The lowest BCUT2D eigenvalue weighted by molar-refractivity contribution is -0.150. The minimum atomic E-state index is -0.176. The van der Waals surface area contributed by atoms with Crippen molar-refractivity contribution >= 4 is 11.7 Å². The maximum atomic E-state index is 11.4. The third kappa shape index (κ3) is 6.25. The Morgan fingerprint density at radius 1 is 1.33 bits per heavy atom. The number of benzene rings is 1. The molecule has 4 heteroatoms. The molecule has 0 heterocycles. The zero-order valence-corrected chi connectivity index (χ0v) is 11.0. The highest BCUT2D eigenvalue weighted by Crippen LogP contribution is 2.05. The standard InChI is InChI=1S/C14H21NO3/c1-12(11-17-2)18-14(16)9-6-10-15-13-7-4-3-5-8-13/h3-5,7-8,12,15H,6,9-11H2,1-2H3. The van der Waals surface area contributed by atoms with Crippen LogP contribution in [0.25, 0.3) is 0 Å². The summed E-state index contributed by atoms with van der Waals surface area (Å²) >= 11 is 0. The summed E-state index contributed by atoms with van der Waals surface area (Å²) in [5.41, 5.74) is 1.07. The zero-order valence-electron chi connectivity index (χ0n) is 11.0. The molecule has 0 aliphatic heterocycles. The van der Waals surface area contributed by atoms with Crippen LogP contribution in [0, 0.1) is 0 Å². The molecular formula is C14H21NO3. The first-order valence-electron chi connectivity index (χ1n) is 6.19. The van der Waals surface area contributed by atoms with Gasteiger partial charge >= 0.3 is 5.97 Å². The lowest BCUT2D eigenvalue weighted by Crippen LogP contribution is -2.20. The van der Waals surface area contributed by atoms with E-state index in [0.717, 1.165) is 18.7 Å². The van der Waals surface area contributed by atoms with Crippen molar-refractivity contribution in [1.82, 2.24) is 0 Å². The van der Waals surface area contributed by atoms with Crippen molar-refractivity contribution in [1.29, 1.82) is 0 Å². The molecule has 0 saturated heterocycles. The van der Waals surface area contributed by atoms with Gasteiger partial charge in [0.25, 0.3) is 0 Å². The van der Waals surface area contributed by atoms with E-state index in [1.165, 1.54) is 0 Å². The highest BCUT2D eigenvalue weighted by Gasteiger charge is 2.08. The van der Waals surface area contributed by atoms with Crippen LogP contribution in [0.3, 0.4) is 0 Å². The number of anilines is 1. The van der Waals surface area contributed by atoms with Gasteiger partial charge in [0.05, 0.1) is 6.61 Å². The van der Waals surface area contributed by atoms with Crippen molar-refractivity contribution in [3.63, 3.8) is 0 Å². The summed E-state index contributed by atoms with van der Waals surface area (Å²) in [6.07, 6.45) is 1.01. The van der Waals surface area contributed by atoms with Crippen molar-refractivity contribution in [3.05, 3.63) is 30.3 Å². The van der Waals surface area contributed by atoms with Crippen LogP contribution in [0.1, 0.15) is 19.8 Å². The molecule has 1 aromatic rings. The fraction of sp³-hybridized carbons (Fsp3) is 0.500. The molecule has 0 bridgehead atoms. The van der Waals surface area contributed by atoms with E-state index in [9.17, 15) is 4.79 Å². The van der Waals surface area contributed by atoms with Gasteiger partial charge in [-0.3, -0.25) is 4.79 Å². The molecule has 0 aliphatic rings. The third-order valence-corrected chi connectivity index (χ3v) is 2.39. The molecule has 18 heavy (non-hydrogen) atoms. The van der Waals surface area contributed by atoms with Gasteiger partial charge in [-0.15, -0.1) is 0 Å². The highest BCUT2D eigenvalue weighted by atomic mass is 16.6. The van der Waals surface area contributed by atoms with Crippen molar-refractivity contribution < 1.29 is 14.3 Å². The molecule has 0 amide bonds. The molecule has 0 fully saturated rings. The van der Waals surface area contributed by atoms with Crippen molar-refractivity contribution in [2.45, 2.75) is 25.9 Å². The number of para-hydroxylation sites is 1. The van der Waals surface area contributed by atoms with Crippen LogP contribution in [0.2, 0.25) is 0 Å². The van der Waals surface area contributed by atoms with E-state index >= 15 is 0 Å². The van der Waals surface area contributed by atoms with Crippen LogP contribution in [0.4, 0.5) is 5.69 Å². The number of hydrogen-bond acceptors (Lipinski definition) is 4. The molecule has 0 spiro atoms. The Kier molecular flexibility index (Phi) is 6.87. The molecule has 0 saturated carbocycles. The second kappa shape index (κ2) is 8.53. The Labute approximate surface area is 108 Å². The molecule has 0 aliphatic carbocycles. The first-order chi connectivity index (χ1) is 8.72. The van der Waals surface area contributed by atoms with Gasteiger partial charge in [-0.1, -0.05) is 18.2 Å². The number of hydrogen-bond donors (Lipinski definition) is 1. The molecule has 1 N–H and O–H groups in total. The van der Waals surface area contributed by atoms with Crippen LogP contribution in [-0.2, 0) is 14.3 Å². The Morgan fingerprint density at radius 2 is 2.06 bits per heavy atom. The second-order valence-electron chi connectivity index (χ2n) is 4.15. The van der Waals surface area contributed by atoms with Gasteiger partial charge in [0.15, 0.2) is 0 Å². The first kappa shape index (κ1) is 14.5. The monoisotopic (exact) mass is 251 g/mol. The summed E-state index contributed by atoms with van der Waals surface area (Å²) < 4.78 is 10.0. The molecule has 0 radical (unpaired) electrons. The number of carbonyl (C=O) groups excluding carboxylic acids is 1. The van der Waals surface area contributed by atoms with E-state index in [1.54, 1.807) is 7.11 Å². The molecule has 1 rings (SSSR count). The average Bonchev–Trinajstić information content (AvgIpc) is 2.36. The summed E-state index contributed by atoms with van der Waals surface area (Å²) in [7, 11) is 1.59. The molecule has 4 nitrogen and oxygen atoms in total. The first-order valence-corrected chi connectivity index (χ1v) is 6.19. The van der Waals surface area contributed by atoms with Crippen LogP contribution in [-0.4, -0.2) is 32.3 Å². The summed E-state index contributed by atoms with van der Waals surface area (Å²) in [4.78, 5) is 11.4. The Hall–Kier alpha value is -1.55. The van der Waals surface area contributed by atoms with Gasteiger partial charge in [0.1, 0.15) is 6.10 Å². The number of nitrogens with one attached hydrogen (secondary N) is 1. The molecule has 1 unspecified atom stereocenters. The Morgan fingerprint density at radius 3 is 2.72 bits per heavy atom. The maximum Gasteiger partial charge on any atom is 0.306 e. The molecule has 0 aromatic heterocycles. The largest absolute Gasteiger partial charge is 0.460 e. The van der Waals surface area contributed by atoms with E-state index in [0.29, 0.717) is 13.0 Å². The van der Waals surface area contributed by atoms with Crippen LogP contribution in [0.5, 0.6) is 0 Å². The fourth-order valence-corrected chi connectivity index (χ4v) is 1.57. The van der Waals surface area contributed by atoms with Crippen LogP contribution in [0.15, 0.2) is 30.3 Å². The van der Waals surface area contributed by atoms with E-state index in [-0.39, 0.29) is 12.1 Å². The van der Waals surface area contributed by atoms with Crippen molar-refractivity contribution in [3.8, 4) is 0 Å². The van der Waals surface area contributed by atoms with Crippen LogP contribution >= 0.6 is 0 Å².